The molecule has 0 aliphatic heterocycles. The average Bonchev–Trinajstić information content (AvgIpc) is 3.03. The van der Waals surface area contributed by atoms with E-state index in [4.69, 9.17) is 5.73 Å². The predicted octanol–water partition coefficient (Wildman–Crippen LogP) is 8.62. The molecule has 0 saturated carbocycles. The maximum absolute atomic E-state index is 14.3. The Kier molecular flexibility index (Phi) is 10.8. The lowest BCUT2D eigenvalue weighted by Crippen LogP contribution is -2.36. The summed E-state index contributed by atoms with van der Waals surface area (Å²) >= 11 is 0. The Morgan fingerprint density at radius 1 is 0.933 bits per heavy atom. The first-order valence-electron chi connectivity index (χ1n) is 16.2. The number of nitrogens with one attached hydrogen (secondary N) is 2. The molecule has 0 bridgehead atoms. The topological polar surface area (TPSA) is 102 Å². The van der Waals surface area contributed by atoms with Crippen LogP contribution in [0.15, 0.2) is 65.6 Å². The molecule has 236 valence electrons. The van der Waals surface area contributed by atoms with E-state index in [1.54, 1.807) is 10.8 Å². The fourth-order valence-electron chi connectivity index (χ4n) is 5.55. The minimum Gasteiger partial charge on any atom is -0.315 e. The number of hydrogen-bond donors (Lipinski definition) is 3. The van der Waals surface area contributed by atoms with Crippen molar-refractivity contribution in [2.75, 3.05) is 10.6 Å². The molecule has 0 radical (unpaired) electrons. The van der Waals surface area contributed by atoms with Crippen molar-refractivity contribution in [1.29, 1.82) is 0 Å². The zero-order valence-electron chi connectivity index (χ0n) is 27.8. The van der Waals surface area contributed by atoms with E-state index in [0.29, 0.717) is 17.8 Å². The van der Waals surface area contributed by atoms with Crippen LogP contribution in [0.2, 0.25) is 0 Å². The summed E-state index contributed by atoms with van der Waals surface area (Å²) in [6.45, 7) is 15.1. The lowest BCUT2D eigenvalue weighted by atomic mass is 9.93. The number of anilines is 2. The van der Waals surface area contributed by atoms with Gasteiger partial charge in [-0.15, -0.1) is 0 Å². The number of carbonyl (C=O) groups is 1. The molecule has 2 aromatic carbocycles. The number of aryl methyl sites for hydroxylation is 1. The molecule has 0 fully saturated rings. The summed E-state index contributed by atoms with van der Waals surface area (Å²) in [7, 11) is 0. The Balaban J connectivity index is 1.91. The van der Waals surface area contributed by atoms with Crippen LogP contribution in [0.25, 0.3) is 22.2 Å². The number of benzene rings is 2. The minimum absolute atomic E-state index is 0.198. The number of unbranched alkanes of at least 4 members (excludes halogenated alkanes) is 1. The third kappa shape index (κ3) is 7.46. The molecule has 0 spiro atoms. The normalized spacial score (nSPS) is 11.5. The van der Waals surface area contributed by atoms with Crippen molar-refractivity contribution in [1.82, 2.24) is 9.55 Å². The predicted molar refractivity (Wildman–Crippen MR) is 188 cm³/mol. The Labute approximate surface area is 267 Å². The van der Waals surface area contributed by atoms with Crippen LogP contribution in [0, 0.1) is 11.8 Å². The van der Waals surface area contributed by atoms with Gasteiger partial charge in [-0.1, -0.05) is 97.1 Å². The lowest BCUT2D eigenvalue weighted by molar-refractivity contribution is 0.262. The maximum atomic E-state index is 14.3. The van der Waals surface area contributed by atoms with E-state index in [2.05, 4.69) is 62.1 Å². The zero-order valence-corrected chi connectivity index (χ0v) is 27.8. The molecule has 4 aromatic rings. The SMILES string of the molecule is CCCCn1c(=O)c(NC(=O)Nc2c(C(C)C)cccc2C(C)C)c(-c2cccc(C#CC(N)(CC)CC)c2)c2cccnc21. The molecule has 7 heteroatoms. The smallest absolute Gasteiger partial charge is 0.315 e. The highest BCUT2D eigenvalue weighted by Crippen LogP contribution is 2.35. The van der Waals surface area contributed by atoms with Crippen LogP contribution in [0.4, 0.5) is 16.2 Å². The fraction of sp³-hybridized carbons (Fsp3) is 0.395. The van der Waals surface area contributed by atoms with Crippen LogP contribution < -0.4 is 21.9 Å². The van der Waals surface area contributed by atoms with Gasteiger partial charge in [-0.25, -0.2) is 9.78 Å². The number of fused-ring (bicyclic) bond motifs is 1. The monoisotopic (exact) mass is 605 g/mol. The molecule has 45 heavy (non-hydrogen) atoms. The molecule has 2 heterocycles. The summed E-state index contributed by atoms with van der Waals surface area (Å²) < 4.78 is 1.68. The Morgan fingerprint density at radius 3 is 2.20 bits per heavy atom. The van der Waals surface area contributed by atoms with E-state index in [-0.39, 0.29) is 23.1 Å². The highest BCUT2D eigenvalue weighted by molar-refractivity contribution is 6.07. The number of pyridine rings is 2. The molecule has 0 atom stereocenters. The number of carbonyl (C=O) groups excluding carboxylic acids is 1. The molecule has 4 rings (SSSR count). The summed E-state index contributed by atoms with van der Waals surface area (Å²) in [5.74, 6) is 6.89. The van der Waals surface area contributed by atoms with Gasteiger partial charge < -0.3 is 16.4 Å². The molecule has 0 unspecified atom stereocenters. The van der Waals surface area contributed by atoms with Gasteiger partial charge in [-0.05, 0) is 72.1 Å². The van der Waals surface area contributed by atoms with Gasteiger partial charge in [-0.3, -0.25) is 9.36 Å². The molecule has 2 amide bonds. The van der Waals surface area contributed by atoms with Gasteiger partial charge in [0.05, 0.1) is 5.54 Å². The lowest BCUT2D eigenvalue weighted by Gasteiger charge is -2.22. The molecule has 0 aliphatic carbocycles. The first kappa shape index (κ1) is 33.5. The van der Waals surface area contributed by atoms with Gasteiger partial charge in [0.1, 0.15) is 11.3 Å². The van der Waals surface area contributed by atoms with E-state index < -0.39 is 11.6 Å². The van der Waals surface area contributed by atoms with E-state index in [1.807, 2.05) is 68.4 Å². The van der Waals surface area contributed by atoms with Crippen LogP contribution in [0.3, 0.4) is 0 Å². The second-order valence-corrected chi connectivity index (χ2v) is 12.3. The van der Waals surface area contributed by atoms with Gasteiger partial charge in [-0.2, -0.15) is 0 Å². The number of urea groups is 1. The van der Waals surface area contributed by atoms with Crippen molar-refractivity contribution in [2.45, 2.75) is 98.1 Å². The van der Waals surface area contributed by atoms with Crippen molar-refractivity contribution in [3.63, 3.8) is 0 Å². The number of amides is 2. The van der Waals surface area contributed by atoms with Crippen LogP contribution in [0.5, 0.6) is 0 Å². The van der Waals surface area contributed by atoms with E-state index in [0.717, 1.165) is 59.0 Å². The van der Waals surface area contributed by atoms with E-state index >= 15 is 0 Å². The fourth-order valence-corrected chi connectivity index (χ4v) is 5.55. The zero-order chi connectivity index (χ0) is 32.7. The molecule has 7 nitrogen and oxygen atoms in total. The largest absolute Gasteiger partial charge is 0.323 e. The summed E-state index contributed by atoms with van der Waals surface area (Å²) in [6.07, 6.45) is 4.89. The Hall–Kier alpha value is -4.41. The summed E-state index contributed by atoms with van der Waals surface area (Å²) in [4.78, 5) is 32.8. The third-order valence-corrected chi connectivity index (χ3v) is 8.47. The van der Waals surface area contributed by atoms with Gasteiger partial charge in [0.15, 0.2) is 0 Å². The van der Waals surface area contributed by atoms with Crippen molar-refractivity contribution in [3.05, 3.63) is 87.8 Å². The number of hydrogen-bond acceptors (Lipinski definition) is 4. The summed E-state index contributed by atoms with van der Waals surface area (Å²) in [5.41, 5.74) is 11.4. The first-order valence-corrected chi connectivity index (χ1v) is 16.2. The first-order chi connectivity index (χ1) is 21.5. The quantitative estimate of drug-likeness (QED) is 0.158. The van der Waals surface area contributed by atoms with Crippen molar-refractivity contribution < 1.29 is 4.79 Å². The molecule has 0 aliphatic rings. The Morgan fingerprint density at radius 2 is 1.58 bits per heavy atom. The highest BCUT2D eigenvalue weighted by atomic mass is 16.2. The number of nitrogens with zero attached hydrogens (tertiary/aromatic N) is 2. The van der Waals surface area contributed by atoms with Gasteiger partial charge in [0.25, 0.3) is 5.56 Å². The van der Waals surface area contributed by atoms with Crippen LogP contribution in [-0.4, -0.2) is 21.1 Å². The molecular formula is C38H47N5O2. The third-order valence-electron chi connectivity index (χ3n) is 8.47. The minimum atomic E-state index is -0.571. The number of aromatic nitrogens is 2. The van der Waals surface area contributed by atoms with Gasteiger partial charge in [0, 0.05) is 34.9 Å². The summed E-state index contributed by atoms with van der Waals surface area (Å²) in [5, 5.41) is 6.88. The van der Waals surface area contributed by atoms with Crippen LogP contribution in [0.1, 0.15) is 103 Å². The molecule has 4 N–H and O–H groups in total. The van der Waals surface area contributed by atoms with Gasteiger partial charge in [0.2, 0.25) is 0 Å². The highest BCUT2D eigenvalue weighted by Gasteiger charge is 2.23. The van der Waals surface area contributed by atoms with E-state index in [1.165, 1.54) is 0 Å². The van der Waals surface area contributed by atoms with Crippen LogP contribution >= 0.6 is 0 Å². The standard InChI is InChI=1S/C38H47N5O2/c1-8-11-23-43-35-31(19-14-22-40-35)32(28-16-12-15-27(24-28)20-21-38(39,9-2)10-3)34(36(43)44)42-37(45)41-33-29(25(4)5)17-13-18-30(33)26(6)7/h12-19,22,24-26H,8-11,23,39H2,1-7H3,(H2,41,42,45). The van der Waals surface area contributed by atoms with Crippen LogP contribution in [-0.2, 0) is 6.54 Å². The summed E-state index contributed by atoms with van der Waals surface area (Å²) in [6, 6.07) is 17.2. The molecule has 2 aromatic heterocycles. The number of nitrogens with two attached hydrogens (primary N) is 1. The second kappa shape index (κ2) is 14.6. The Bertz CT molecular complexity index is 1760. The van der Waals surface area contributed by atoms with Crippen molar-refractivity contribution >= 4 is 28.4 Å². The second-order valence-electron chi connectivity index (χ2n) is 12.3. The number of para-hydroxylation sites is 1. The molecular weight excluding hydrogens is 558 g/mol. The maximum Gasteiger partial charge on any atom is 0.323 e. The van der Waals surface area contributed by atoms with E-state index in [9.17, 15) is 9.59 Å². The number of rotatable bonds is 10. The molecule has 0 saturated heterocycles. The van der Waals surface area contributed by atoms with Crippen molar-refractivity contribution in [2.24, 2.45) is 5.73 Å². The van der Waals surface area contributed by atoms with Crippen molar-refractivity contribution in [3.8, 4) is 23.0 Å². The van der Waals surface area contributed by atoms with Gasteiger partial charge >= 0.3 is 6.03 Å². The average molecular weight is 606 g/mol.